The highest BCUT2D eigenvalue weighted by Gasteiger charge is 2.31. The Morgan fingerprint density at radius 2 is 1.89 bits per heavy atom. The monoisotopic (exact) mass is 287 g/mol. The van der Waals surface area contributed by atoms with Gasteiger partial charge in [-0.25, -0.2) is 8.78 Å². The summed E-state index contributed by atoms with van der Waals surface area (Å²) in [6, 6.07) is 7.84. The van der Waals surface area contributed by atoms with Crippen LogP contribution in [-0.2, 0) is 17.6 Å². The number of hydrogen-bond acceptors (Lipinski definition) is 1. The molecule has 1 amide bonds. The quantitative estimate of drug-likeness (QED) is 0.763. The van der Waals surface area contributed by atoms with Gasteiger partial charge in [0.05, 0.1) is 6.54 Å². The summed E-state index contributed by atoms with van der Waals surface area (Å²) in [7, 11) is 0. The molecule has 0 bridgehead atoms. The zero-order valence-corrected chi connectivity index (χ0v) is 11.2. The molecule has 1 aliphatic carbocycles. The van der Waals surface area contributed by atoms with Crippen molar-refractivity contribution in [2.75, 3.05) is 19.0 Å². The number of benzene rings is 1. The molecule has 0 atom stereocenters. The summed E-state index contributed by atoms with van der Waals surface area (Å²) in [5, 5.41) is 0. The fourth-order valence-corrected chi connectivity index (χ4v) is 2.76. The van der Waals surface area contributed by atoms with Crippen molar-refractivity contribution in [1.29, 1.82) is 0 Å². The highest BCUT2D eigenvalue weighted by Crippen LogP contribution is 2.28. The highest BCUT2D eigenvalue weighted by atomic mass is 35.5. The van der Waals surface area contributed by atoms with Crippen molar-refractivity contribution in [3.8, 4) is 0 Å². The molecule has 1 aromatic carbocycles. The summed E-state index contributed by atoms with van der Waals surface area (Å²) in [6.07, 6.45) is -1.25. The molecule has 1 aliphatic rings. The van der Waals surface area contributed by atoms with E-state index in [1.165, 1.54) is 4.90 Å². The number of fused-ring (bicyclic) bond motifs is 1. The molecule has 0 aromatic heterocycles. The van der Waals surface area contributed by atoms with Gasteiger partial charge in [0.15, 0.2) is 0 Å². The first kappa shape index (κ1) is 14.3. The standard InChI is InChI=1S/C14H16ClF2NO/c15-5-6-18(9-13(16)17)14(19)12-7-10-3-1-2-4-11(10)8-12/h1-4,12-13H,5-9H2. The van der Waals surface area contributed by atoms with Gasteiger partial charge < -0.3 is 4.90 Å². The number of carbonyl (C=O) groups is 1. The van der Waals surface area contributed by atoms with Crippen molar-refractivity contribution in [2.45, 2.75) is 19.3 Å². The Kier molecular flexibility index (Phi) is 4.75. The van der Waals surface area contributed by atoms with E-state index in [1.54, 1.807) is 0 Å². The van der Waals surface area contributed by atoms with Crippen LogP contribution in [-0.4, -0.2) is 36.2 Å². The zero-order valence-electron chi connectivity index (χ0n) is 10.5. The molecule has 0 heterocycles. The first-order valence-electron chi connectivity index (χ1n) is 6.31. The van der Waals surface area contributed by atoms with Crippen LogP contribution in [0.4, 0.5) is 8.78 Å². The molecule has 0 saturated carbocycles. The Bertz CT molecular complexity index is 428. The predicted molar refractivity (Wildman–Crippen MR) is 70.6 cm³/mol. The van der Waals surface area contributed by atoms with E-state index in [0.717, 1.165) is 11.1 Å². The van der Waals surface area contributed by atoms with E-state index in [2.05, 4.69) is 0 Å². The van der Waals surface area contributed by atoms with E-state index in [-0.39, 0.29) is 24.2 Å². The van der Waals surface area contributed by atoms with Gasteiger partial charge in [-0.05, 0) is 24.0 Å². The van der Waals surface area contributed by atoms with Crippen LogP contribution in [0, 0.1) is 5.92 Å². The van der Waals surface area contributed by atoms with Crippen LogP contribution in [0.3, 0.4) is 0 Å². The van der Waals surface area contributed by atoms with Crippen molar-refractivity contribution >= 4 is 17.5 Å². The van der Waals surface area contributed by atoms with Crippen molar-refractivity contribution in [1.82, 2.24) is 4.90 Å². The van der Waals surface area contributed by atoms with Gasteiger partial charge in [-0.15, -0.1) is 11.6 Å². The van der Waals surface area contributed by atoms with Crippen LogP contribution in [0.25, 0.3) is 0 Å². The van der Waals surface area contributed by atoms with Crippen molar-refractivity contribution in [3.05, 3.63) is 35.4 Å². The average molecular weight is 288 g/mol. The van der Waals surface area contributed by atoms with Crippen LogP contribution in [0.2, 0.25) is 0 Å². The smallest absolute Gasteiger partial charge is 0.255 e. The maximum absolute atomic E-state index is 12.5. The second-order valence-electron chi connectivity index (χ2n) is 4.74. The van der Waals surface area contributed by atoms with Gasteiger partial charge in [0.1, 0.15) is 0 Å². The third-order valence-electron chi connectivity index (χ3n) is 3.42. The minimum Gasteiger partial charge on any atom is -0.336 e. The Labute approximate surface area is 116 Å². The van der Waals surface area contributed by atoms with E-state index in [0.29, 0.717) is 12.8 Å². The lowest BCUT2D eigenvalue weighted by Crippen LogP contribution is -2.40. The van der Waals surface area contributed by atoms with Crippen molar-refractivity contribution < 1.29 is 13.6 Å². The molecule has 2 nitrogen and oxygen atoms in total. The van der Waals surface area contributed by atoms with Crippen LogP contribution in [0.15, 0.2) is 24.3 Å². The van der Waals surface area contributed by atoms with E-state index >= 15 is 0 Å². The second-order valence-corrected chi connectivity index (χ2v) is 5.12. The zero-order chi connectivity index (χ0) is 13.8. The Morgan fingerprint density at radius 1 is 1.32 bits per heavy atom. The minimum absolute atomic E-state index is 0.178. The normalized spacial score (nSPS) is 14.7. The minimum atomic E-state index is -2.52. The fraction of sp³-hybridized carbons (Fsp3) is 0.500. The molecule has 0 saturated heterocycles. The first-order chi connectivity index (χ1) is 9.11. The molecule has 1 aromatic rings. The van der Waals surface area contributed by atoms with Crippen molar-refractivity contribution in [2.24, 2.45) is 5.92 Å². The Hall–Kier alpha value is -1.16. The molecule has 0 aliphatic heterocycles. The number of amides is 1. The number of halogens is 3. The summed E-state index contributed by atoms with van der Waals surface area (Å²) >= 11 is 5.58. The van der Waals surface area contributed by atoms with E-state index < -0.39 is 13.0 Å². The molecule has 0 N–H and O–H groups in total. The number of rotatable bonds is 5. The fourth-order valence-electron chi connectivity index (χ4n) is 2.55. The van der Waals surface area contributed by atoms with Gasteiger partial charge in [0, 0.05) is 18.3 Å². The number of nitrogens with zero attached hydrogens (tertiary/aromatic N) is 1. The molecule has 0 fully saturated rings. The molecule has 104 valence electrons. The lowest BCUT2D eigenvalue weighted by Gasteiger charge is -2.24. The van der Waals surface area contributed by atoms with Crippen LogP contribution in [0.1, 0.15) is 11.1 Å². The van der Waals surface area contributed by atoms with Gasteiger partial charge >= 0.3 is 0 Å². The summed E-state index contributed by atoms with van der Waals surface area (Å²) in [4.78, 5) is 13.5. The Balaban J connectivity index is 2.04. The second kappa shape index (κ2) is 6.33. The topological polar surface area (TPSA) is 20.3 Å². The molecule has 5 heteroatoms. The SMILES string of the molecule is O=C(C1Cc2ccccc2C1)N(CCCl)CC(F)F. The van der Waals surface area contributed by atoms with Gasteiger partial charge in [-0.3, -0.25) is 4.79 Å². The number of alkyl halides is 3. The summed E-state index contributed by atoms with van der Waals surface area (Å²) in [5.41, 5.74) is 2.28. The van der Waals surface area contributed by atoms with E-state index in [4.69, 9.17) is 11.6 Å². The summed E-state index contributed by atoms with van der Waals surface area (Å²) in [5.74, 6) is -0.255. The number of hydrogen-bond donors (Lipinski definition) is 0. The average Bonchev–Trinajstić information content (AvgIpc) is 2.80. The van der Waals surface area contributed by atoms with Gasteiger partial charge in [0.2, 0.25) is 5.91 Å². The van der Waals surface area contributed by atoms with E-state index in [9.17, 15) is 13.6 Å². The highest BCUT2D eigenvalue weighted by molar-refractivity contribution is 6.18. The van der Waals surface area contributed by atoms with Gasteiger partial charge in [-0.2, -0.15) is 0 Å². The third kappa shape index (κ3) is 3.44. The molecular formula is C14H16ClF2NO. The molecule has 0 radical (unpaired) electrons. The molecule has 0 spiro atoms. The summed E-state index contributed by atoms with van der Waals surface area (Å²) in [6.45, 7) is -0.351. The number of carbonyl (C=O) groups excluding carboxylic acids is 1. The van der Waals surface area contributed by atoms with Crippen LogP contribution in [0.5, 0.6) is 0 Å². The first-order valence-corrected chi connectivity index (χ1v) is 6.85. The van der Waals surface area contributed by atoms with Crippen LogP contribution >= 0.6 is 11.6 Å². The van der Waals surface area contributed by atoms with Gasteiger partial charge in [-0.1, -0.05) is 24.3 Å². The largest absolute Gasteiger partial charge is 0.336 e. The predicted octanol–water partition coefficient (Wildman–Crippen LogP) is 2.73. The van der Waals surface area contributed by atoms with Crippen LogP contribution < -0.4 is 0 Å². The maximum Gasteiger partial charge on any atom is 0.255 e. The third-order valence-corrected chi connectivity index (χ3v) is 3.59. The van der Waals surface area contributed by atoms with E-state index in [1.807, 2.05) is 24.3 Å². The Morgan fingerprint density at radius 3 is 2.37 bits per heavy atom. The lowest BCUT2D eigenvalue weighted by atomic mass is 10.0. The summed E-state index contributed by atoms with van der Waals surface area (Å²) < 4.78 is 25.0. The maximum atomic E-state index is 12.5. The molecule has 19 heavy (non-hydrogen) atoms. The molecular weight excluding hydrogens is 272 g/mol. The molecule has 2 rings (SSSR count). The molecule has 0 unspecified atom stereocenters. The van der Waals surface area contributed by atoms with Gasteiger partial charge in [0.25, 0.3) is 6.43 Å². The lowest BCUT2D eigenvalue weighted by molar-refractivity contribution is -0.136. The van der Waals surface area contributed by atoms with Crippen molar-refractivity contribution in [3.63, 3.8) is 0 Å².